The highest BCUT2D eigenvalue weighted by Crippen LogP contribution is 2.23. The molecule has 1 aromatic rings. The van der Waals surface area contributed by atoms with Crippen molar-refractivity contribution in [2.45, 2.75) is 46.1 Å². The molecule has 1 atom stereocenters. The molecule has 1 unspecified atom stereocenters. The van der Waals surface area contributed by atoms with E-state index in [0.29, 0.717) is 18.5 Å². The Morgan fingerprint density at radius 3 is 2.76 bits per heavy atom. The Kier molecular flexibility index (Phi) is 5.00. The number of esters is 1. The lowest BCUT2D eigenvalue weighted by atomic mass is 10.1. The first-order valence-corrected chi connectivity index (χ1v) is 6.15. The van der Waals surface area contributed by atoms with E-state index in [1.54, 1.807) is 13.3 Å². The third-order valence-electron chi connectivity index (χ3n) is 2.79. The number of carbonyl (C=O) groups is 1. The Morgan fingerprint density at radius 2 is 2.24 bits per heavy atom. The van der Waals surface area contributed by atoms with E-state index in [1.807, 2.05) is 4.57 Å². The zero-order valence-electron chi connectivity index (χ0n) is 10.8. The normalized spacial score (nSPS) is 12.4. The number of nitrogens with zero attached hydrogens (tertiary/aromatic N) is 2. The molecule has 0 amide bonds. The van der Waals surface area contributed by atoms with Crippen LogP contribution in [0, 0.1) is 0 Å². The molecular weight excluding hydrogens is 218 g/mol. The highest BCUT2D eigenvalue weighted by atomic mass is 16.5. The SMILES string of the molecule is CCCC(CC)n1cnc(C(=O)OCC)c1N. The molecule has 96 valence electrons. The van der Waals surface area contributed by atoms with Crippen molar-refractivity contribution in [2.24, 2.45) is 0 Å². The fourth-order valence-corrected chi connectivity index (χ4v) is 1.89. The molecule has 0 spiro atoms. The highest BCUT2D eigenvalue weighted by Gasteiger charge is 2.19. The first-order valence-electron chi connectivity index (χ1n) is 6.15. The zero-order valence-corrected chi connectivity index (χ0v) is 10.8. The van der Waals surface area contributed by atoms with E-state index >= 15 is 0 Å². The van der Waals surface area contributed by atoms with Crippen LogP contribution in [0.25, 0.3) is 0 Å². The van der Waals surface area contributed by atoms with Gasteiger partial charge in [0.2, 0.25) is 0 Å². The molecule has 0 bridgehead atoms. The predicted molar refractivity (Wildman–Crippen MR) is 66.8 cm³/mol. The van der Waals surface area contributed by atoms with Gasteiger partial charge in [0.05, 0.1) is 12.9 Å². The Hall–Kier alpha value is -1.52. The minimum atomic E-state index is -0.449. The van der Waals surface area contributed by atoms with Gasteiger partial charge >= 0.3 is 5.97 Å². The minimum absolute atomic E-state index is 0.224. The van der Waals surface area contributed by atoms with Gasteiger partial charge < -0.3 is 15.0 Å². The van der Waals surface area contributed by atoms with Gasteiger partial charge in [0.15, 0.2) is 5.69 Å². The first kappa shape index (κ1) is 13.5. The summed E-state index contributed by atoms with van der Waals surface area (Å²) in [5.41, 5.74) is 6.16. The van der Waals surface area contributed by atoms with E-state index in [-0.39, 0.29) is 5.69 Å². The number of imidazole rings is 1. The molecule has 0 aromatic carbocycles. The first-order chi connectivity index (χ1) is 8.15. The van der Waals surface area contributed by atoms with E-state index in [4.69, 9.17) is 10.5 Å². The molecule has 0 aliphatic carbocycles. The second-order valence-electron chi connectivity index (χ2n) is 3.96. The number of aromatic nitrogens is 2. The number of hydrogen-bond donors (Lipinski definition) is 1. The van der Waals surface area contributed by atoms with Gasteiger partial charge in [0.1, 0.15) is 5.82 Å². The van der Waals surface area contributed by atoms with Crippen molar-refractivity contribution in [3.05, 3.63) is 12.0 Å². The number of anilines is 1. The predicted octanol–water partition coefficient (Wildman–Crippen LogP) is 2.39. The van der Waals surface area contributed by atoms with E-state index in [0.717, 1.165) is 19.3 Å². The highest BCUT2D eigenvalue weighted by molar-refractivity contribution is 5.92. The number of hydrogen-bond acceptors (Lipinski definition) is 4. The van der Waals surface area contributed by atoms with Crippen LogP contribution in [-0.2, 0) is 4.74 Å². The maximum absolute atomic E-state index is 11.6. The summed E-state index contributed by atoms with van der Waals surface area (Å²) in [6.45, 7) is 6.32. The van der Waals surface area contributed by atoms with Crippen molar-refractivity contribution in [1.29, 1.82) is 0 Å². The van der Waals surface area contributed by atoms with E-state index in [1.165, 1.54) is 0 Å². The molecule has 2 N–H and O–H groups in total. The Morgan fingerprint density at radius 1 is 1.53 bits per heavy atom. The lowest BCUT2D eigenvalue weighted by Gasteiger charge is -2.17. The van der Waals surface area contributed by atoms with Gasteiger partial charge in [-0.25, -0.2) is 9.78 Å². The van der Waals surface area contributed by atoms with E-state index in [2.05, 4.69) is 18.8 Å². The number of rotatable bonds is 6. The van der Waals surface area contributed by atoms with Crippen LogP contribution in [0.15, 0.2) is 6.33 Å². The molecule has 0 aliphatic rings. The van der Waals surface area contributed by atoms with Gasteiger partial charge in [0.25, 0.3) is 0 Å². The third kappa shape index (κ3) is 2.99. The smallest absolute Gasteiger partial charge is 0.360 e. The van der Waals surface area contributed by atoms with Gasteiger partial charge in [-0.3, -0.25) is 0 Å². The monoisotopic (exact) mass is 239 g/mol. The average Bonchev–Trinajstić information content (AvgIpc) is 2.68. The lowest BCUT2D eigenvalue weighted by molar-refractivity contribution is 0.0521. The maximum Gasteiger partial charge on any atom is 0.360 e. The van der Waals surface area contributed by atoms with Crippen molar-refractivity contribution in [1.82, 2.24) is 9.55 Å². The van der Waals surface area contributed by atoms with Crippen LogP contribution in [0.1, 0.15) is 56.6 Å². The van der Waals surface area contributed by atoms with Crippen molar-refractivity contribution < 1.29 is 9.53 Å². The summed E-state index contributed by atoms with van der Waals surface area (Å²) in [4.78, 5) is 15.6. The lowest BCUT2D eigenvalue weighted by Crippen LogP contribution is -2.13. The van der Waals surface area contributed by atoms with Gasteiger partial charge in [-0.15, -0.1) is 0 Å². The second kappa shape index (κ2) is 6.27. The van der Waals surface area contributed by atoms with E-state index < -0.39 is 5.97 Å². The molecular formula is C12H21N3O2. The van der Waals surface area contributed by atoms with Crippen LogP contribution in [0.3, 0.4) is 0 Å². The third-order valence-corrected chi connectivity index (χ3v) is 2.79. The summed E-state index contributed by atoms with van der Waals surface area (Å²) in [6.07, 6.45) is 4.70. The Bertz CT molecular complexity index is 374. The molecule has 0 fully saturated rings. The summed E-state index contributed by atoms with van der Waals surface area (Å²) >= 11 is 0. The molecule has 5 heteroatoms. The molecule has 0 radical (unpaired) electrons. The maximum atomic E-state index is 11.6. The summed E-state index contributed by atoms with van der Waals surface area (Å²) in [7, 11) is 0. The van der Waals surface area contributed by atoms with Crippen molar-refractivity contribution in [3.8, 4) is 0 Å². The second-order valence-corrected chi connectivity index (χ2v) is 3.96. The van der Waals surface area contributed by atoms with Crippen LogP contribution >= 0.6 is 0 Å². The molecule has 1 heterocycles. The molecule has 1 rings (SSSR count). The average molecular weight is 239 g/mol. The van der Waals surface area contributed by atoms with Crippen molar-refractivity contribution in [3.63, 3.8) is 0 Å². The van der Waals surface area contributed by atoms with Gasteiger partial charge in [-0.2, -0.15) is 0 Å². The van der Waals surface area contributed by atoms with Gasteiger partial charge in [-0.1, -0.05) is 20.3 Å². The van der Waals surface area contributed by atoms with Crippen LogP contribution in [0.2, 0.25) is 0 Å². The number of ether oxygens (including phenoxy) is 1. The number of nitrogens with two attached hydrogens (primary N) is 1. The standard InChI is InChI=1S/C12H21N3O2/c1-4-7-9(5-2)15-8-14-10(11(15)13)12(16)17-6-3/h8-9H,4-7,13H2,1-3H3. The molecule has 0 saturated heterocycles. The zero-order chi connectivity index (χ0) is 12.8. The molecule has 5 nitrogen and oxygen atoms in total. The van der Waals surface area contributed by atoms with Gasteiger partial charge in [-0.05, 0) is 19.8 Å². The minimum Gasteiger partial charge on any atom is -0.461 e. The van der Waals surface area contributed by atoms with Gasteiger partial charge in [0, 0.05) is 6.04 Å². The summed E-state index contributed by atoms with van der Waals surface area (Å²) < 4.78 is 6.77. The Balaban J connectivity index is 2.92. The molecule has 0 aliphatic heterocycles. The summed E-state index contributed by atoms with van der Waals surface area (Å²) in [6, 6.07) is 0.302. The molecule has 17 heavy (non-hydrogen) atoms. The number of carbonyl (C=O) groups excluding carboxylic acids is 1. The fraction of sp³-hybridized carbons (Fsp3) is 0.667. The van der Waals surface area contributed by atoms with Crippen LogP contribution < -0.4 is 5.73 Å². The van der Waals surface area contributed by atoms with Crippen LogP contribution in [0.4, 0.5) is 5.82 Å². The van der Waals surface area contributed by atoms with E-state index in [9.17, 15) is 4.79 Å². The quantitative estimate of drug-likeness (QED) is 0.774. The topological polar surface area (TPSA) is 70.1 Å². The molecule has 0 saturated carbocycles. The molecule has 1 aromatic heterocycles. The van der Waals surface area contributed by atoms with Crippen molar-refractivity contribution in [2.75, 3.05) is 12.3 Å². The van der Waals surface area contributed by atoms with Crippen LogP contribution in [-0.4, -0.2) is 22.1 Å². The fourth-order valence-electron chi connectivity index (χ4n) is 1.89. The largest absolute Gasteiger partial charge is 0.461 e. The number of nitrogen functional groups attached to an aromatic ring is 1. The van der Waals surface area contributed by atoms with Crippen molar-refractivity contribution >= 4 is 11.8 Å². The summed E-state index contributed by atoms with van der Waals surface area (Å²) in [5, 5.41) is 0. The van der Waals surface area contributed by atoms with Crippen LogP contribution in [0.5, 0.6) is 0 Å². The summed E-state index contributed by atoms with van der Waals surface area (Å²) in [5.74, 6) is -0.0427. The Labute approximate surface area is 102 Å².